The lowest BCUT2D eigenvalue weighted by Gasteiger charge is -2.32. The third-order valence-corrected chi connectivity index (χ3v) is 3.96. The fourth-order valence-corrected chi connectivity index (χ4v) is 2.75. The van der Waals surface area contributed by atoms with Crippen LogP contribution in [0, 0.1) is 0 Å². The monoisotopic (exact) mass is 277 g/mol. The Morgan fingerprint density at radius 2 is 2.10 bits per heavy atom. The first-order valence-corrected chi connectivity index (χ1v) is 6.96. The molecule has 2 heterocycles. The van der Waals surface area contributed by atoms with E-state index in [0.29, 0.717) is 29.8 Å². The number of ether oxygens (including phenoxy) is 1. The van der Waals surface area contributed by atoms with Crippen LogP contribution in [0.3, 0.4) is 0 Å². The minimum Gasteiger partial charge on any atom is -0.455 e. The van der Waals surface area contributed by atoms with Crippen molar-refractivity contribution in [2.24, 2.45) is 5.73 Å². The van der Waals surface area contributed by atoms with E-state index in [1.807, 2.05) is 6.07 Å². The minimum absolute atomic E-state index is 0.350. The molecule has 2 aromatic heterocycles. The second-order valence-corrected chi connectivity index (χ2v) is 5.15. The molecule has 3 rings (SSSR count). The number of furan rings is 1. The number of aromatic nitrogens is 2. The Labute approximate surface area is 117 Å². The molecule has 2 N–H and O–H groups in total. The summed E-state index contributed by atoms with van der Waals surface area (Å²) in [5.74, 6) is 2.23. The molecule has 0 spiro atoms. The van der Waals surface area contributed by atoms with Gasteiger partial charge in [0.2, 0.25) is 5.82 Å². The fourth-order valence-electron chi connectivity index (χ4n) is 2.75. The number of methoxy groups -OCH3 is 1. The van der Waals surface area contributed by atoms with Gasteiger partial charge in [-0.25, -0.2) is 0 Å². The lowest BCUT2D eigenvalue weighted by Crippen LogP contribution is -2.32. The average Bonchev–Trinajstić information content (AvgIpc) is 3.16. The molecule has 1 aliphatic carbocycles. The smallest absolute Gasteiger partial charge is 0.293 e. The normalized spacial score (nSPS) is 18.3. The van der Waals surface area contributed by atoms with Crippen LogP contribution < -0.4 is 5.73 Å². The van der Waals surface area contributed by atoms with Crippen molar-refractivity contribution in [3.05, 3.63) is 23.7 Å². The van der Waals surface area contributed by atoms with Crippen LogP contribution in [0.2, 0.25) is 0 Å². The summed E-state index contributed by atoms with van der Waals surface area (Å²) in [7, 11) is 1.71. The lowest BCUT2D eigenvalue weighted by atomic mass is 9.84. The Morgan fingerprint density at radius 1 is 1.30 bits per heavy atom. The van der Waals surface area contributed by atoms with Gasteiger partial charge in [0.25, 0.3) is 5.89 Å². The molecular weight excluding hydrogens is 258 g/mol. The first kappa shape index (κ1) is 13.3. The van der Waals surface area contributed by atoms with Crippen LogP contribution in [0.25, 0.3) is 11.7 Å². The average molecular weight is 277 g/mol. The summed E-state index contributed by atoms with van der Waals surface area (Å²) in [6.07, 6.45) is 5.32. The molecule has 0 aliphatic heterocycles. The maximum Gasteiger partial charge on any atom is 0.293 e. The van der Waals surface area contributed by atoms with E-state index in [4.69, 9.17) is 19.4 Å². The molecule has 0 saturated heterocycles. The van der Waals surface area contributed by atoms with Gasteiger partial charge >= 0.3 is 0 Å². The summed E-state index contributed by atoms with van der Waals surface area (Å²) < 4.78 is 16.5. The zero-order valence-corrected chi connectivity index (χ0v) is 11.6. The van der Waals surface area contributed by atoms with Crippen molar-refractivity contribution in [2.45, 2.75) is 44.2 Å². The largest absolute Gasteiger partial charge is 0.455 e. The Kier molecular flexibility index (Phi) is 3.58. The van der Waals surface area contributed by atoms with Crippen molar-refractivity contribution in [3.63, 3.8) is 0 Å². The third kappa shape index (κ3) is 2.25. The van der Waals surface area contributed by atoms with Gasteiger partial charge in [0.15, 0.2) is 5.76 Å². The SMILES string of the molecule is COC1(c2noc(-c3ccc(CN)o3)n2)CCCCC1. The van der Waals surface area contributed by atoms with Gasteiger partial charge in [-0.15, -0.1) is 0 Å². The van der Waals surface area contributed by atoms with Crippen LogP contribution in [0.15, 0.2) is 21.1 Å². The molecule has 6 nitrogen and oxygen atoms in total. The van der Waals surface area contributed by atoms with Gasteiger partial charge in [-0.05, 0) is 25.0 Å². The van der Waals surface area contributed by atoms with Gasteiger partial charge in [0.05, 0.1) is 6.54 Å². The van der Waals surface area contributed by atoms with E-state index >= 15 is 0 Å². The van der Waals surface area contributed by atoms with Gasteiger partial charge in [-0.1, -0.05) is 24.4 Å². The molecule has 1 fully saturated rings. The Hall–Kier alpha value is -1.66. The molecule has 6 heteroatoms. The molecule has 0 bridgehead atoms. The van der Waals surface area contributed by atoms with Gasteiger partial charge < -0.3 is 19.4 Å². The number of rotatable bonds is 4. The van der Waals surface area contributed by atoms with Crippen molar-refractivity contribution < 1.29 is 13.7 Å². The number of hydrogen-bond acceptors (Lipinski definition) is 6. The Bertz CT molecular complexity index is 570. The molecular formula is C14H19N3O3. The summed E-state index contributed by atoms with van der Waals surface area (Å²) in [6, 6.07) is 3.60. The predicted octanol–water partition coefficient (Wildman–Crippen LogP) is 2.59. The maximum atomic E-state index is 5.70. The van der Waals surface area contributed by atoms with Crippen molar-refractivity contribution in [1.29, 1.82) is 0 Å². The van der Waals surface area contributed by atoms with Gasteiger partial charge in [-0.2, -0.15) is 4.98 Å². The topological polar surface area (TPSA) is 87.3 Å². The van der Waals surface area contributed by atoms with Gasteiger partial charge in [0.1, 0.15) is 11.4 Å². The highest BCUT2D eigenvalue weighted by Crippen LogP contribution is 2.39. The highest BCUT2D eigenvalue weighted by molar-refractivity contribution is 5.44. The first-order valence-electron chi connectivity index (χ1n) is 6.96. The van der Waals surface area contributed by atoms with E-state index in [9.17, 15) is 0 Å². The predicted molar refractivity (Wildman–Crippen MR) is 71.7 cm³/mol. The van der Waals surface area contributed by atoms with Crippen LogP contribution in [0.1, 0.15) is 43.7 Å². The molecule has 0 radical (unpaired) electrons. The standard InChI is InChI=1S/C14H19N3O3/c1-18-14(7-3-2-4-8-14)13-16-12(20-17-13)11-6-5-10(9-15)19-11/h5-6H,2-4,7-9,15H2,1H3. The zero-order chi connectivity index (χ0) is 14.0. The zero-order valence-electron chi connectivity index (χ0n) is 11.6. The fraction of sp³-hybridized carbons (Fsp3) is 0.571. The van der Waals surface area contributed by atoms with E-state index < -0.39 is 5.60 Å². The molecule has 0 amide bonds. The molecule has 2 aromatic rings. The molecule has 20 heavy (non-hydrogen) atoms. The molecule has 1 saturated carbocycles. The van der Waals surface area contributed by atoms with Crippen LogP contribution in [-0.2, 0) is 16.9 Å². The number of nitrogens with zero attached hydrogens (tertiary/aromatic N) is 2. The van der Waals surface area contributed by atoms with Crippen molar-refractivity contribution in [2.75, 3.05) is 7.11 Å². The second kappa shape index (κ2) is 5.38. The van der Waals surface area contributed by atoms with Crippen LogP contribution in [0.4, 0.5) is 0 Å². The summed E-state index contributed by atoms with van der Waals surface area (Å²) in [6.45, 7) is 0.350. The first-order chi connectivity index (χ1) is 9.77. The van der Waals surface area contributed by atoms with E-state index in [1.54, 1.807) is 13.2 Å². The van der Waals surface area contributed by atoms with E-state index in [0.717, 1.165) is 25.7 Å². The van der Waals surface area contributed by atoms with E-state index in [2.05, 4.69) is 10.1 Å². The third-order valence-electron chi connectivity index (χ3n) is 3.96. The molecule has 1 aliphatic rings. The molecule has 0 unspecified atom stereocenters. The van der Waals surface area contributed by atoms with Crippen LogP contribution in [0.5, 0.6) is 0 Å². The summed E-state index contributed by atoms with van der Waals surface area (Å²) in [5, 5.41) is 4.09. The number of hydrogen-bond donors (Lipinski definition) is 1. The minimum atomic E-state index is -0.413. The van der Waals surface area contributed by atoms with Gasteiger partial charge in [-0.3, -0.25) is 0 Å². The molecule has 0 atom stereocenters. The Morgan fingerprint density at radius 3 is 2.75 bits per heavy atom. The van der Waals surface area contributed by atoms with E-state index in [1.165, 1.54) is 6.42 Å². The van der Waals surface area contributed by atoms with Crippen LogP contribution in [-0.4, -0.2) is 17.3 Å². The summed E-state index contributed by atoms with van der Waals surface area (Å²) in [4.78, 5) is 4.46. The van der Waals surface area contributed by atoms with Crippen molar-refractivity contribution in [1.82, 2.24) is 10.1 Å². The highest BCUT2D eigenvalue weighted by atomic mass is 16.5. The number of nitrogens with two attached hydrogens (primary N) is 1. The van der Waals surface area contributed by atoms with Crippen molar-refractivity contribution >= 4 is 0 Å². The maximum absolute atomic E-state index is 5.70. The molecule has 0 aromatic carbocycles. The Balaban J connectivity index is 1.88. The molecule has 108 valence electrons. The van der Waals surface area contributed by atoms with Crippen molar-refractivity contribution in [3.8, 4) is 11.7 Å². The van der Waals surface area contributed by atoms with Crippen LogP contribution >= 0.6 is 0 Å². The lowest BCUT2D eigenvalue weighted by molar-refractivity contribution is -0.0527. The second-order valence-electron chi connectivity index (χ2n) is 5.15. The van der Waals surface area contributed by atoms with E-state index in [-0.39, 0.29) is 0 Å². The highest BCUT2D eigenvalue weighted by Gasteiger charge is 2.38. The quantitative estimate of drug-likeness (QED) is 0.924. The summed E-state index contributed by atoms with van der Waals surface area (Å²) >= 11 is 0. The summed E-state index contributed by atoms with van der Waals surface area (Å²) in [5.41, 5.74) is 5.11. The van der Waals surface area contributed by atoms with Gasteiger partial charge in [0, 0.05) is 7.11 Å².